The third kappa shape index (κ3) is 11.9. The Hall–Kier alpha value is -3.69. The van der Waals surface area contributed by atoms with Crippen molar-refractivity contribution in [1.82, 2.24) is 0 Å². The zero-order valence-electron chi connectivity index (χ0n) is 33.0. The van der Waals surface area contributed by atoms with Gasteiger partial charge in [0.1, 0.15) is 26.9 Å². The van der Waals surface area contributed by atoms with Crippen molar-refractivity contribution >= 4 is 181 Å². The van der Waals surface area contributed by atoms with Gasteiger partial charge in [-0.1, -0.05) is 12.1 Å². The van der Waals surface area contributed by atoms with Crippen LogP contribution in [0.5, 0.6) is 5.75 Å². The molecule has 0 amide bonds. The van der Waals surface area contributed by atoms with Gasteiger partial charge in [0.05, 0.1) is 38.7 Å². The normalized spacial score (nSPS) is 12.1. The van der Waals surface area contributed by atoms with Crippen molar-refractivity contribution in [2.75, 3.05) is 17.2 Å². The second kappa shape index (κ2) is 20.2. The van der Waals surface area contributed by atoms with E-state index in [2.05, 4.69) is 30.7 Å². The van der Waals surface area contributed by atoms with Crippen LogP contribution in [-0.2, 0) is 30.4 Å². The quantitative estimate of drug-likeness (QED) is 0.0305. The maximum Gasteiger partial charge on any atom is 0.296 e. The third-order valence-corrected chi connectivity index (χ3v) is 11.2. The van der Waals surface area contributed by atoms with Crippen molar-refractivity contribution in [3.63, 3.8) is 0 Å². The van der Waals surface area contributed by atoms with E-state index >= 15 is 0 Å². The predicted octanol–water partition coefficient (Wildman–Crippen LogP) is 7.42. The number of fused-ring (bicyclic) bond motifs is 1. The maximum atomic E-state index is 12.6. The Morgan fingerprint density at radius 2 is 0.967 bits per heavy atom. The number of azo groups is 3. The summed E-state index contributed by atoms with van der Waals surface area (Å²) >= 11 is 0. The van der Waals surface area contributed by atoms with Gasteiger partial charge in [0.25, 0.3) is 30.4 Å². The molecule has 10 N–H and O–H groups in total. The van der Waals surface area contributed by atoms with Crippen molar-refractivity contribution in [2.45, 2.75) is 28.5 Å². The first-order valence-electron chi connectivity index (χ1n) is 16.4. The van der Waals surface area contributed by atoms with Gasteiger partial charge in [-0.3, -0.25) is 13.7 Å². The minimum Gasteiger partial charge on any atom is -0.505 e. The molecule has 0 unspecified atom stereocenters. The number of nitrogen functional groups attached to an aromatic ring is 3. The molecular weight excluding hydrogens is 884 g/mol. The van der Waals surface area contributed by atoms with E-state index in [9.17, 15) is 44.0 Å². The first-order valence-corrected chi connectivity index (χ1v) is 20.7. The van der Waals surface area contributed by atoms with Crippen molar-refractivity contribution in [1.29, 1.82) is 0 Å². The molecule has 0 saturated carbocycles. The predicted molar refractivity (Wildman–Crippen MR) is 232 cm³/mol. The van der Waals surface area contributed by atoms with E-state index < -0.39 is 73.2 Å². The maximum absolute atomic E-state index is 12.6. The molecular formula is C36H31N9Na3O10S3. The summed E-state index contributed by atoms with van der Waals surface area (Å²) in [5.41, 5.74) is 21.2. The Morgan fingerprint density at radius 3 is 1.44 bits per heavy atom. The number of rotatable bonds is 10. The molecule has 61 heavy (non-hydrogen) atoms. The van der Waals surface area contributed by atoms with E-state index in [1.807, 2.05) is 19.1 Å². The molecule has 0 aromatic heterocycles. The summed E-state index contributed by atoms with van der Waals surface area (Å²) in [6.45, 7) is 3.58. The number of hydrogen-bond donors (Lipinski definition) is 7. The smallest absolute Gasteiger partial charge is 0.296 e. The Kier molecular flexibility index (Phi) is 17.1. The fourth-order valence-corrected chi connectivity index (χ4v) is 7.48. The number of nitrogens with zero attached hydrogens (tertiary/aromatic N) is 6. The van der Waals surface area contributed by atoms with Crippen LogP contribution in [0.1, 0.15) is 11.1 Å². The molecule has 0 aliphatic rings. The van der Waals surface area contributed by atoms with Crippen molar-refractivity contribution in [3.05, 3.63) is 102 Å². The first kappa shape index (κ1) is 51.7. The third-order valence-electron chi connectivity index (χ3n) is 8.57. The summed E-state index contributed by atoms with van der Waals surface area (Å²) in [6.07, 6.45) is 0. The summed E-state index contributed by atoms with van der Waals surface area (Å²) in [7, 11) is -14.9. The molecule has 0 aliphatic heterocycles. The SMILES string of the molecule is Cc1cc(-c2ccc(N=Nc3c(S(=O)(=O)O)cc4cc(S(=O)(=O)O)c(N=Nc5ccc(S(=O)(=O)O)cc5)c(O)c4c3N)c(C)c2)ccc1N=Nc1ccc(N)cc1N.[Na].[Na].[Na]. The Morgan fingerprint density at radius 1 is 0.508 bits per heavy atom. The minimum absolute atomic E-state index is 0. The Bertz CT molecular complexity index is 3120. The van der Waals surface area contributed by atoms with E-state index in [0.29, 0.717) is 28.3 Å². The number of hydrogen-bond acceptors (Lipinski definition) is 16. The van der Waals surface area contributed by atoms with Gasteiger partial charge in [0.15, 0.2) is 5.75 Å². The van der Waals surface area contributed by atoms with E-state index in [1.165, 1.54) is 0 Å². The van der Waals surface area contributed by atoms with E-state index in [-0.39, 0.29) is 105 Å². The standard InChI is InChI=1S/C36H31N9O10S3.3Na/c1-18-13-20(3-10-27(18)41-43-29-12-5-23(37)17-26(29)38)21-4-11-28(19(2)14-21)42-44-34-30(57(50,51)52)15-22-16-31(58(53,54)55)35(36(46)32(22)33(34)39)45-40-24-6-8-25(9-7-24)56(47,48)49;;;/h3-17,46H,37-39H2,1-2H3,(H,47,48,49)(H,50,51,52)(H,53,54,55);;;. The number of benzene rings is 6. The van der Waals surface area contributed by atoms with Gasteiger partial charge in [-0.2, -0.15) is 40.6 Å². The largest absolute Gasteiger partial charge is 0.505 e. The number of nitrogens with two attached hydrogens (primary N) is 3. The topological polar surface area (TPSA) is 336 Å². The number of anilines is 3. The summed E-state index contributed by atoms with van der Waals surface area (Å²) in [4.78, 5) is -2.41. The molecule has 0 aliphatic carbocycles. The van der Waals surface area contributed by atoms with Crippen molar-refractivity contribution in [3.8, 4) is 16.9 Å². The second-order valence-corrected chi connectivity index (χ2v) is 16.8. The van der Waals surface area contributed by atoms with Gasteiger partial charge in [0.2, 0.25) is 0 Å². The number of aryl methyl sites for hydroxylation is 2. The molecule has 6 aromatic rings. The molecule has 19 nitrogen and oxygen atoms in total. The van der Waals surface area contributed by atoms with Crippen molar-refractivity contribution in [2.24, 2.45) is 30.7 Å². The van der Waals surface area contributed by atoms with Crippen LogP contribution in [0.4, 0.5) is 51.2 Å². The number of aromatic hydroxyl groups is 1. The van der Waals surface area contributed by atoms with E-state index in [0.717, 1.165) is 53.1 Å². The van der Waals surface area contributed by atoms with E-state index in [1.54, 1.807) is 49.4 Å². The molecule has 0 atom stereocenters. The first-order chi connectivity index (χ1) is 27.1. The summed E-state index contributed by atoms with van der Waals surface area (Å²) in [6, 6.07) is 21.2. The zero-order chi connectivity index (χ0) is 42.3. The van der Waals surface area contributed by atoms with Crippen LogP contribution in [0.25, 0.3) is 21.9 Å². The second-order valence-electron chi connectivity index (χ2n) is 12.6. The summed E-state index contributed by atoms with van der Waals surface area (Å²) < 4.78 is 102. The van der Waals surface area contributed by atoms with Gasteiger partial charge in [-0.15, -0.1) is 15.3 Å². The van der Waals surface area contributed by atoms with Crippen LogP contribution in [-0.4, -0.2) is 133 Å². The molecule has 0 spiro atoms. The molecule has 0 saturated heterocycles. The molecule has 301 valence electrons. The fraction of sp³-hybridized carbons (Fsp3) is 0.0556. The van der Waals surface area contributed by atoms with Crippen LogP contribution in [0.15, 0.2) is 136 Å². The molecule has 6 aromatic carbocycles. The number of phenolic OH excluding ortho intramolecular Hbond substituents is 1. The van der Waals surface area contributed by atoms with Crippen LogP contribution < -0.4 is 17.2 Å². The van der Waals surface area contributed by atoms with Gasteiger partial charge < -0.3 is 22.3 Å². The van der Waals surface area contributed by atoms with Crippen molar-refractivity contribution < 1.29 is 44.0 Å². The fourth-order valence-electron chi connectivity index (χ4n) is 5.67. The number of phenols is 1. The molecule has 0 heterocycles. The zero-order valence-corrected chi connectivity index (χ0v) is 41.5. The average Bonchev–Trinajstić information content (AvgIpc) is 3.13. The van der Waals surface area contributed by atoms with Crippen LogP contribution in [0, 0.1) is 13.8 Å². The monoisotopic (exact) mass is 914 g/mol. The van der Waals surface area contributed by atoms with E-state index in [4.69, 9.17) is 17.2 Å². The summed E-state index contributed by atoms with van der Waals surface area (Å²) in [5, 5.41) is 34.8. The Labute approximate surface area is 415 Å². The molecule has 0 bridgehead atoms. The molecule has 25 heteroatoms. The Balaban J connectivity index is 0.00000331. The average molecular weight is 915 g/mol. The van der Waals surface area contributed by atoms with Crippen LogP contribution in [0.2, 0.25) is 0 Å². The van der Waals surface area contributed by atoms with Gasteiger partial charge in [-0.25, -0.2) is 0 Å². The molecule has 0 fully saturated rings. The van der Waals surface area contributed by atoms with Crippen LogP contribution in [0.3, 0.4) is 0 Å². The minimum atomic E-state index is -5.18. The molecule has 6 rings (SSSR count). The van der Waals surface area contributed by atoms with Gasteiger partial charge >= 0.3 is 0 Å². The van der Waals surface area contributed by atoms with Gasteiger partial charge in [0, 0.05) is 94.4 Å². The summed E-state index contributed by atoms with van der Waals surface area (Å²) in [5.74, 6) is -0.989. The molecule has 3 radical (unpaired) electrons. The van der Waals surface area contributed by atoms with Crippen LogP contribution >= 0.6 is 0 Å². The van der Waals surface area contributed by atoms with Gasteiger partial charge in [-0.05, 0) is 120 Å².